The molecule has 1 saturated carbocycles. The fourth-order valence-electron chi connectivity index (χ4n) is 2.34. The van der Waals surface area contributed by atoms with E-state index in [1.54, 1.807) is 11.8 Å². The summed E-state index contributed by atoms with van der Waals surface area (Å²) in [5, 5.41) is 0. The molecule has 1 heterocycles. The number of ether oxygens (including phenoxy) is 2. The van der Waals surface area contributed by atoms with E-state index >= 15 is 0 Å². The lowest BCUT2D eigenvalue weighted by atomic mass is 9.89. The highest BCUT2D eigenvalue weighted by Crippen LogP contribution is 2.29. The molecule has 0 radical (unpaired) electrons. The van der Waals surface area contributed by atoms with E-state index in [0.717, 1.165) is 24.5 Å². The topological polar surface area (TPSA) is 35.5 Å². The minimum absolute atomic E-state index is 0.122. The first-order chi connectivity index (χ1) is 9.38. The van der Waals surface area contributed by atoms with Crippen LogP contribution in [0.15, 0.2) is 0 Å². The lowest BCUT2D eigenvalue weighted by Gasteiger charge is -2.27. The van der Waals surface area contributed by atoms with Crippen molar-refractivity contribution >= 4 is 17.7 Å². The highest BCUT2D eigenvalue weighted by Gasteiger charge is 2.32. The number of esters is 1. The Balaban J connectivity index is 0.000000444. The second kappa shape index (κ2) is 8.93. The van der Waals surface area contributed by atoms with Crippen molar-refractivity contribution in [1.82, 2.24) is 0 Å². The van der Waals surface area contributed by atoms with Crippen molar-refractivity contribution in [1.29, 1.82) is 0 Å². The van der Waals surface area contributed by atoms with E-state index in [2.05, 4.69) is 27.7 Å². The second-order valence-corrected chi connectivity index (χ2v) is 7.77. The van der Waals surface area contributed by atoms with Crippen LogP contribution >= 0.6 is 11.8 Å². The fraction of sp³-hybridized carbons (Fsp3) is 0.938. The quantitative estimate of drug-likeness (QED) is 0.714. The van der Waals surface area contributed by atoms with Crippen molar-refractivity contribution in [3.63, 3.8) is 0 Å². The Labute approximate surface area is 128 Å². The predicted octanol–water partition coefficient (Wildman–Crippen LogP) is 4.25. The maximum atomic E-state index is 11.8. The lowest BCUT2D eigenvalue weighted by molar-refractivity contribution is -0.159. The van der Waals surface area contributed by atoms with Gasteiger partial charge in [0.25, 0.3) is 0 Å². The van der Waals surface area contributed by atoms with Crippen molar-refractivity contribution < 1.29 is 14.3 Å². The van der Waals surface area contributed by atoms with Crippen molar-refractivity contribution in [2.75, 3.05) is 5.75 Å². The van der Waals surface area contributed by atoms with Gasteiger partial charge in [-0.05, 0) is 38.0 Å². The Morgan fingerprint density at radius 3 is 2.40 bits per heavy atom. The van der Waals surface area contributed by atoms with Gasteiger partial charge < -0.3 is 9.47 Å². The van der Waals surface area contributed by atoms with E-state index in [0.29, 0.717) is 5.92 Å². The van der Waals surface area contributed by atoms with Crippen LogP contribution in [0.3, 0.4) is 0 Å². The van der Waals surface area contributed by atoms with Crippen LogP contribution in [0.2, 0.25) is 0 Å². The number of carbonyl (C=O) groups excluding carboxylic acids is 1. The normalized spacial score (nSPS) is 33.5. The van der Waals surface area contributed by atoms with Gasteiger partial charge >= 0.3 is 5.97 Å². The first-order valence-corrected chi connectivity index (χ1v) is 8.91. The molecule has 1 saturated heterocycles. The van der Waals surface area contributed by atoms with Gasteiger partial charge in [0.1, 0.15) is 6.10 Å². The minimum Gasteiger partial charge on any atom is -0.460 e. The molecule has 2 rings (SSSR count). The standard InChI is InChI=1S/C12H20O3S.C4H10/c1-8-4-3-5-10(6-8)15-11(13)12-14-9(2)7-16-12;1-4(2)3/h8-10,12H,3-7H2,1-2H3;4H,1-3H3. The molecule has 3 nitrogen and oxygen atoms in total. The summed E-state index contributed by atoms with van der Waals surface area (Å²) in [6.45, 7) is 10.7. The number of hydrogen-bond acceptors (Lipinski definition) is 4. The first kappa shape index (κ1) is 17.8. The van der Waals surface area contributed by atoms with E-state index in [9.17, 15) is 4.79 Å². The molecular formula is C16H30O3S. The number of thioether (sulfide) groups is 1. The van der Waals surface area contributed by atoms with Gasteiger partial charge in [-0.15, -0.1) is 11.8 Å². The van der Waals surface area contributed by atoms with E-state index in [-0.39, 0.29) is 23.6 Å². The van der Waals surface area contributed by atoms with Crippen LogP contribution in [0.4, 0.5) is 0 Å². The molecule has 2 fully saturated rings. The third kappa shape index (κ3) is 6.98. The van der Waals surface area contributed by atoms with Crippen LogP contribution in [0.5, 0.6) is 0 Å². The molecule has 0 amide bonds. The molecule has 20 heavy (non-hydrogen) atoms. The second-order valence-electron chi connectivity index (χ2n) is 6.67. The third-order valence-corrected chi connectivity index (χ3v) is 4.47. The van der Waals surface area contributed by atoms with Gasteiger partial charge in [-0.3, -0.25) is 0 Å². The summed E-state index contributed by atoms with van der Waals surface area (Å²) in [7, 11) is 0. The molecule has 4 unspecified atom stereocenters. The Bertz CT molecular complexity index is 291. The first-order valence-electron chi connectivity index (χ1n) is 7.86. The highest BCUT2D eigenvalue weighted by molar-refractivity contribution is 8.00. The Hall–Kier alpha value is -0.220. The van der Waals surface area contributed by atoms with Crippen LogP contribution in [-0.2, 0) is 14.3 Å². The van der Waals surface area contributed by atoms with Gasteiger partial charge in [-0.1, -0.05) is 34.1 Å². The van der Waals surface area contributed by atoms with Crippen molar-refractivity contribution in [2.45, 2.75) is 77.9 Å². The average Bonchev–Trinajstić information content (AvgIpc) is 2.75. The maximum Gasteiger partial charge on any atom is 0.346 e. The third-order valence-electron chi connectivity index (χ3n) is 3.20. The lowest BCUT2D eigenvalue weighted by Crippen LogP contribution is -2.29. The molecule has 1 aliphatic heterocycles. The average molecular weight is 302 g/mol. The molecular weight excluding hydrogens is 272 g/mol. The summed E-state index contributed by atoms with van der Waals surface area (Å²) in [6.07, 6.45) is 4.76. The van der Waals surface area contributed by atoms with Crippen molar-refractivity contribution in [2.24, 2.45) is 11.8 Å². The van der Waals surface area contributed by atoms with E-state index < -0.39 is 0 Å². The molecule has 0 aromatic carbocycles. The molecule has 0 N–H and O–H groups in total. The van der Waals surface area contributed by atoms with Gasteiger partial charge in [-0.25, -0.2) is 4.79 Å². The summed E-state index contributed by atoms with van der Waals surface area (Å²) in [5.74, 6) is 2.23. The molecule has 0 aromatic heterocycles. The number of carbonyl (C=O) groups is 1. The Kier molecular flexibility index (Phi) is 7.96. The monoisotopic (exact) mass is 302 g/mol. The Morgan fingerprint density at radius 2 is 1.90 bits per heavy atom. The van der Waals surface area contributed by atoms with Gasteiger partial charge in [0.05, 0.1) is 6.10 Å². The molecule has 0 bridgehead atoms. The van der Waals surface area contributed by atoms with E-state index in [1.807, 2.05) is 6.92 Å². The molecule has 0 spiro atoms. The van der Waals surface area contributed by atoms with Crippen LogP contribution in [-0.4, -0.2) is 29.4 Å². The predicted molar refractivity (Wildman–Crippen MR) is 84.8 cm³/mol. The van der Waals surface area contributed by atoms with Gasteiger partial charge in [-0.2, -0.15) is 0 Å². The summed E-state index contributed by atoms with van der Waals surface area (Å²) in [5.41, 5.74) is -0.382. The summed E-state index contributed by atoms with van der Waals surface area (Å²) in [6, 6.07) is 0. The molecule has 4 heteroatoms. The van der Waals surface area contributed by atoms with Gasteiger partial charge in [0, 0.05) is 5.75 Å². The molecule has 4 atom stereocenters. The van der Waals surface area contributed by atoms with Crippen LogP contribution < -0.4 is 0 Å². The molecule has 0 aromatic rings. The molecule has 2 aliphatic rings. The van der Waals surface area contributed by atoms with Gasteiger partial charge in [0.15, 0.2) is 0 Å². The fourth-order valence-corrected chi connectivity index (χ4v) is 3.33. The minimum atomic E-state index is -0.382. The molecule has 118 valence electrons. The van der Waals surface area contributed by atoms with Crippen molar-refractivity contribution in [3.05, 3.63) is 0 Å². The zero-order valence-corrected chi connectivity index (χ0v) is 14.4. The van der Waals surface area contributed by atoms with E-state index in [4.69, 9.17) is 9.47 Å². The largest absolute Gasteiger partial charge is 0.460 e. The van der Waals surface area contributed by atoms with Crippen LogP contribution in [0.1, 0.15) is 60.3 Å². The van der Waals surface area contributed by atoms with Gasteiger partial charge in [0.2, 0.25) is 5.44 Å². The number of hydrogen-bond donors (Lipinski definition) is 0. The van der Waals surface area contributed by atoms with E-state index in [1.165, 1.54) is 12.8 Å². The summed E-state index contributed by atoms with van der Waals surface area (Å²) < 4.78 is 11.0. The summed E-state index contributed by atoms with van der Waals surface area (Å²) in [4.78, 5) is 11.8. The zero-order chi connectivity index (χ0) is 15.1. The summed E-state index contributed by atoms with van der Waals surface area (Å²) >= 11 is 1.55. The van der Waals surface area contributed by atoms with Crippen LogP contribution in [0.25, 0.3) is 0 Å². The molecule has 1 aliphatic carbocycles. The maximum absolute atomic E-state index is 11.8. The highest BCUT2D eigenvalue weighted by atomic mass is 32.2. The van der Waals surface area contributed by atoms with Crippen LogP contribution in [0, 0.1) is 11.8 Å². The number of rotatable bonds is 2. The smallest absolute Gasteiger partial charge is 0.346 e. The van der Waals surface area contributed by atoms with Crippen molar-refractivity contribution in [3.8, 4) is 0 Å². The zero-order valence-electron chi connectivity index (χ0n) is 13.6. The Morgan fingerprint density at radius 1 is 1.25 bits per heavy atom. The SMILES string of the molecule is CC(C)C.CC1CCCC(OC(=O)C2OC(C)CS2)C1.